The number of amides is 1. The third kappa shape index (κ3) is 3.73. The van der Waals surface area contributed by atoms with Crippen LogP contribution in [0.5, 0.6) is 5.75 Å². The summed E-state index contributed by atoms with van der Waals surface area (Å²) in [7, 11) is 0. The number of hydrogen-bond acceptors (Lipinski definition) is 3. The smallest absolute Gasteiger partial charge is 0.257 e. The monoisotopic (exact) mass is 340 g/mol. The van der Waals surface area contributed by atoms with E-state index in [1.165, 1.54) is 0 Å². The Labute approximate surface area is 128 Å². The molecule has 2 N–H and O–H groups in total. The number of carbonyl (C=O) groups excluding carboxylic acids is 1. The fraction of sp³-hybridized carbons (Fsp3) is 0.533. The topological polar surface area (TPSA) is 55.6 Å². The van der Waals surface area contributed by atoms with E-state index in [2.05, 4.69) is 15.9 Å². The molecule has 0 saturated carbocycles. The van der Waals surface area contributed by atoms with Crippen LogP contribution in [0.25, 0.3) is 0 Å². The molecule has 110 valence electrons. The number of nitrogens with zero attached hydrogens (tertiary/aromatic N) is 1. The third-order valence-electron chi connectivity index (χ3n) is 3.36. The van der Waals surface area contributed by atoms with Crippen LogP contribution in [0.3, 0.4) is 0 Å². The van der Waals surface area contributed by atoms with Gasteiger partial charge in [0.1, 0.15) is 5.75 Å². The van der Waals surface area contributed by atoms with Gasteiger partial charge in [0.15, 0.2) is 0 Å². The molecular weight excluding hydrogens is 320 g/mol. The van der Waals surface area contributed by atoms with Crippen LogP contribution in [0.2, 0.25) is 0 Å². The van der Waals surface area contributed by atoms with Crippen molar-refractivity contribution in [1.82, 2.24) is 4.90 Å². The highest BCUT2D eigenvalue weighted by Gasteiger charge is 2.24. The molecule has 0 radical (unpaired) electrons. The number of nitrogens with two attached hydrogens (primary N) is 1. The van der Waals surface area contributed by atoms with Gasteiger partial charge in [-0.25, -0.2) is 0 Å². The van der Waals surface area contributed by atoms with E-state index in [-0.39, 0.29) is 18.1 Å². The lowest BCUT2D eigenvalue weighted by atomic mass is 10.0. The van der Waals surface area contributed by atoms with Gasteiger partial charge in [-0.1, -0.05) is 15.9 Å². The standard InChI is InChI=1S/C15H21BrN2O2/c1-10(2)20-14-9-11(16)3-4-13(14)15(19)18-7-5-12(17)6-8-18/h3-4,9-10,12H,5-8,17H2,1-2H3. The molecule has 1 aromatic rings. The number of likely N-dealkylation sites (tertiary alicyclic amines) is 1. The van der Waals surface area contributed by atoms with Crippen molar-refractivity contribution in [3.05, 3.63) is 28.2 Å². The molecule has 0 aliphatic carbocycles. The Morgan fingerprint density at radius 1 is 1.40 bits per heavy atom. The summed E-state index contributed by atoms with van der Waals surface area (Å²) in [6, 6.07) is 5.76. The molecule has 0 spiro atoms. The molecule has 1 fully saturated rings. The fourth-order valence-corrected chi connectivity index (χ4v) is 2.64. The van der Waals surface area contributed by atoms with Crippen LogP contribution in [-0.2, 0) is 0 Å². The van der Waals surface area contributed by atoms with E-state index in [4.69, 9.17) is 10.5 Å². The molecule has 1 aliphatic rings. The van der Waals surface area contributed by atoms with Crippen LogP contribution in [-0.4, -0.2) is 36.0 Å². The first-order valence-electron chi connectivity index (χ1n) is 6.98. The second-order valence-electron chi connectivity index (χ2n) is 5.44. The minimum Gasteiger partial charge on any atom is -0.490 e. The van der Waals surface area contributed by atoms with Crippen LogP contribution in [0, 0.1) is 0 Å². The third-order valence-corrected chi connectivity index (χ3v) is 3.86. The van der Waals surface area contributed by atoms with E-state index >= 15 is 0 Å². The van der Waals surface area contributed by atoms with E-state index in [1.807, 2.05) is 36.9 Å². The largest absolute Gasteiger partial charge is 0.490 e. The summed E-state index contributed by atoms with van der Waals surface area (Å²) in [5.74, 6) is 0.661. The molecule has 1 amide bonds. The Bertz CT molecular complexity index is 483. The molecule has 2 rings (SSSR count). The Hall–Kier alpha value is -1.07. The van der Waals surface area contributed by atoms with Crippen LogP contribution in [0.4, 0.5) is 0 Å². The van der Waals surface area contributed by atoms with E-state index in [1.54, 1.807) is 0 Å². The number of ether oxygens (including phenoxy) is 1. The van der Waals surface area contributed by atoms with Crippen molar-refractivity contribution >= 4 is 21.8 Å². The highest BCUT2D eigenvalue weighted by atomic mass is 79.9. The number of carbonyl (C=O) groups is 1. The minimum atomic E-state index is 0.0278. The van der Waals surface area contributed by atoms with Gasteiger partial charge in [0.05, 0.1) is 11.7 Å². The van der Waals surface area contributed by atoms with Gasteiger partial charge in [-0.3, -0.25) is 4.79 Å². The zero-order chi connectivity index (χ0) is 14.7. The fourth-order valence-electron chi connectivity index (χ4n) is 2.30. The van der Waals surface area contributed by atoms with Gasteiger partial charge in [-0.15, -0.1) is 0 Å². The molecule has 1 aliphatic heterocycles. The molecule has 0 atom stereocenters. The first kappa shape index (κ1) is 15.3. The summed E-state index contributed by atoms with van der Waals surface area (Å²) >= 11 is 3.42. The van der Waals surface area contributed by atoms with Crippen molar-refractivity contribution in [3.63, 3.8) is 0 Å². The number of rotatable bonds is 3. The molecule has 1 saturated heterocycles. The maximum absolute atomic E-state index is 12.6. The normalized spacial score (nSPS) is 16.6. The van der Waals surface area contributed by atoms with Crippen molar-refractivity contribution in [2.45, 2.75) is 38.8 Å². The summed E-state index contributed by atoms with van der Waals surface area (Å²) in [6.07, 6.45) is 1.76. The SMILES string of the molecule is CC(C)Oc1cc(Br)ccc1C(=O)N1CCC(N)CC1. The molecule has 0 aromatic heterocycles. The molecule has 0 unspecified atom stereocenters. The first-order chi connectivity index (χ1) is 9.47. The van der Waals surface area contributed by atoms with E-state index in [9.17, 15) is 4.79 Å². The number of benzene rings is 1. The van der Waals surface area contributed by atoms with Crippen molar-refractivity contribution in [2.24, 2.45) is 5.73 Å². The quantitative estimate of drug-likeness (QED) is 0.920. The Morgan fingerprint density at radius 2 is 2.05 bits per heavy atom. The van der Waals surface area contributed by atoms with Gasteiger partial charge in [0.2, 0.25) is 0 Å². The molecule has 5 heteroatoms. The predicted molar refractivity (Wildman–Crippen MR) is 83.0 cm³/mol. The number of piperidine rings is 1. The van der Waals surface area contributed by atoms with Crippen LogP contribution >= 0.6 is 15.9 Å². The Morgan fingerprint density at radius 3 is 2.65 bits per heavy atom. The van der Waals surface area contributed by atoms with Gasteiger partial charge in [0, 0.05) is 23.6 Å². The van der Waals surface area contributed by atoms with Gasteiger partial charge in [0.25, 0.3) is 5.91 Å². The average Bonchev–Trinajstić information content (AvgIpc) is 2.38. The van der Waals surface area contributed by atoms with Crippen LogP contribution in [0.15, 0.2) is 22.7 Å². The van der Waals surface area contributed by atoms with Crippen molar-refractivity contribution in [1.29, 1.82) is 0 Å². The second kappa shape index (κ2) is 6.59. The Balaban J connectivity index is 2.20. The maximum atomic E-state index is 12.6. The average molecular weight is 341 g/mol. The van der Waals surface area contributed by atoms with E-state index < -0.39 is 0 Å². The highest BCUT2D eigenvalue weighted by molar-refractivity contribution is 9.10. The summed E-state index contributed by atoms with van der Waals surface area (Å²) in [4.78, 5) is 14.5. The minimum absolute atomic E-state index is 0.0278. The van der Waals surface area contributed by atoms with Gasteiger partial charge in [-0.2, -0.15) is 0 Å². The van der Waals surface area contributed by atoms with Gasteiger partial charge < -0.3 is 15.4 Å². The van der Waals surface area contributed by atoms with Crippen molar-refractivity contribution in [2.75, 3.05) is 13.1 Å². The summed E-state index contributed by atoms with van der Waals surface area (Å²) in [6.45, 7) is 5.35. The zero-order valence-electron chi connectivity index (χ0n) is 11.9. The van der Waals surface area contributed by atoms with E-state index in [0.29, 0.717) is 11.3 Å². The number of halogens is 1. The molecule has 20 heavy (non-hydrogen) atoms. The predicted octanol–water partition coefficient (Wildman–Crippen LogP) is 2.80. The summed E-state index contributed by atoms with van der Waals surface area (Å²) in [5.41, 5.74) is 6.51. The lowest BCUT2D eigenvalue weighted by molar-refractivity contribution is 0.0708. The molecular formula is C15H21BrN2O2. The first-order valence-corrected chi connectivity index (χ1v) is 7.77. The van der Waals surface area contributed by atoms with Crippen molar-refractivity contribution < 1.29 is 9.53 Å². The number of hydrogen-bond donors (Lipinski definition) is 1. The molecule has 1 heterocycles. The van der Waals surface area contributed by atoms with E-state index in [0.717, 1.165) is 30.4 Å². The molecule has 4 nitrogen and oxygen atoms in total. The maximum Gasteiger partial charge on any atom is 0.257 e. The second-order valence-corrected chi connectivity index (χ2v) is 6.35. The van der Waals surface area contributed by atoms with Crippen LogP contribution in [0.1, 0.15) is 37.0 Å². The van der Waals surface area contributed by atoms with Gasteiger partial charge in [-0.05, 0) is 44.9 Å². The van der Waals surface area contributed by atoms with Crippen LogP contribution < -0.4 is 10.5 Å². The van der Waals surface area contributed by atoms with Crippen molar-refractivity contribution in [3.8, 4) is 5.75 Å². The summed E-state index contributed by atoms with van der Waals surface area (Å²) < 4.78 is 6.66. The molecule has 0 bridgehead atoms. The van der Waals surface area contributed by atoms with Gasteiger partial charge >= 0.3 is 0 Å². The highest BCUT2D eigenvalue weighted by Crippen LogP contribution is 2.27. The zero-order valence-corrected chi connectivity index (χ0v) is 13.5. The summed E-state index contributed by atoms with van der Waals surface area (Å²) in [5, 5.41) is 0. The molecule has 1 aromatic carbocycles. The lowest BCUT2D eigenvalue weighted by Gasteiger charge is -2.30. The lowest BCUT2D eigenvalue weighted by Crippen LogP contribution is -2.43. The Kier molecular flexibility index (Phi) is 5.05.